The molecule has 1 amide bonds. The lowest BCUT2D eigenvalue weighted by Gasteiger charge is -2.23. The smallest absolute Gasteiger partial charge is 0.326 e. The van der Waals surface area contributed by atoms with Gasteiger partial charge in [-0.25, -0.2) is 4.79 Å². The minimum Gasteiger partial charge on any atom is -0.480 e. The number of thioether (sulfide) groups is 1. The largest absolute Gasteiger partial charge is 0.480 e. The minimum atomic E-state index is -1.03. The van der Waals surface area contributed by atoms with Gasteiger partial charge in [0.15, 0.2) is 0 Å². The molecule has 0 saturated heterocycles. The normalized spacial score (nSPS) is 15.4. The molecule has 1 fully saturated rings. The van der Waals surface area contributed by atoms with Crippen molar-refractivity contribution >= 4 is 23.6 Å². The Hall–Kier alpha value is -3.03. The zero-order valence-electron chi connectivity index (χ0n) is 23.6. The number of benzene rings is 2. The van der Waals surface area contributed by atoms with Gasteiger partial charge in [0.05, 0.1) is 6.26 Å². The standard InChI is InChI=1S/C33H41NO5S/c1-23-10-6-7-14-26(23)28-22-25(16-17-27(28)32(35)34-29(33(36)37)18-21-40-2)31(30-15-9-19-38-30)39-20-8-13-24-11-4-3-5-12-24/h6-7,9-10,14-17,19,22,24,29,31H,3-5,8,11-13,18,20-21H2,1-2H3,(H,34,35)(H,36,37)/t29-,31?/m0/s1. The summed E-state index contributed by atoms with van der Waals surface area (Å²) in [6.07, 6.45) is 12.4. The van der Waals surface area contributed by atoms with E-state index in [1.165, 1.54) is 38.5 Å². The molecule has 1 heterocycles. The highest BCUT2D eigenvalue weighted by Gasteiger charge is 2.25. The van der Waals surface area contributed by atoms with Crippen LogP contribution in [0, 0.1) is 12.8 Å². The maximum Gasteiger partial charge on any atom is 0.326 e. The average molecular weight is 564 g/mol. The molecule has 3 aromatic rings. The van der Waals surface area contributed by atoms with Gasteiger partial charge in [0.1, 0.15) is 17.9 Å². The fourth-order valence-electron chi connectivity index (χ4n) is 5.58. The van der Waals surface area contributed by atoms with Gasteiger partial charge in [0.2, 0.25) is 0 Å². The second-order valence-electron chi connectivity index (χ2n) is 10.7. The van der Waals surface area contributed by atoms with Crippen LogP contribution in [0.4, 0.5) is 0 Å². The van der Waals surface area contributed by atoms with Crippen LogP contribution < -0.4 is 5.32 Å². The van der Waals surface area contributed by atoms with Gasteiger partial charge in [-0.15, -0.1) is 0 Å². The van der Waals surface area contributed by atoms with E-state index < -0.39 is 24.0 Å². The molecule has 1 aromatic heterocycles. The van der Waals surface area contributed by atoms with Crippen LogP contribution in [0.15, 0.2) is 65.3 Å². The molecule has 4 rings (SSSR count). The molecular formula is C33H41NO5S. The van der Waals surface area contributed by atoms with E-state index in [1.807, 2.05) is 61.7 Å². The monoisotopic (exact) mass is 563 g/mol. The highest BCUT2D eigenvalue weighted by atomic mass is 32.2. The van der Waals surface area contributed by atoms with Gasteiger partial charge in [-0.3, -0.25) is 4.79 Å². The molecule has 0 spiro atoms. The Morgan fingerprint density at radius 2 is 1.88 bits per heavy atom. The summed E-state index contributed by atoms with van der Waals surface area (Å²) in [7, 11) is 0. The molecule has 1 saturated carbocycles. The molecule has 2 aromatic carbocycles. The van der Waals surface area contributed by atoms with Crippen molar-refractivity contribution < 1.29 is 23.8 Å². The Morgan fingerprint density at radius 3 is 2.58 bits per heavy atom. The van der Waals surface area contributed by atoms with E-state index in [2.05, 4.69) is 5.32 Å². The molecule has 1 unspecified atom stereocenters. The number of hydrogen-bond donors (Lipinski definition) is 2. The second-order valence-corrected chi connectivity index (χ2v) is 11.7. The molecule has 6 nitrogen and oxygen atoms in total. The molecule has 0 radical (unpaired) electrons. The van der Waals surface area contributed by atoms with Crippen molar-refractivity contribution in [3.05, 3.63) is 83.3 Å². The highest BCUT2D eigenvalue weighted by Crippen LogP contribution is 2.34. The van der Waals surface area contributed by atoms with E-state index >= 15 is 0 Å². The summed E-state index contributed by atoms with van der Waals surface area (Å²) in [4.78, 5) is 25.3. The first kappa shape index (κ1) is 29.9. The summed E-state index contributed by atoms with van der Waals surface area (Å²) >= 11 is 1.55. The summed E-state index contributed by atoms with van der Waals surface area (Å²) in [5.41, 5.74) is 4.00. The van der Waals surface area contributed by atoms with Gasteiger partial charge in [-0.2, -0.15) is 11.8 Å². The van der Waals surface area contributed by atoms with Gasteiger partial charge < -0.3 is 19.6 Å². The molecule has 214 valence electrons. The zero-order chi connectivity index (χ0) is 28.3. The molecule has 2 N–H and O–H groups in total. The molecule has 0 aliphatic heterocycles. The van der Waals surface area contributed by atoms with Crippen molar-refractivity contribution in [1.29, 1.82) is 0 Å². The number of nitrogens with one attached hydrogen (secondary N) is 1. The van der Waals surface area contributed by atoms with Gasteiger partial charge >= 0.3 is 5.97 Å². The SMILES string of the molecule is CSCC[C@H](NC(=O)c1ccc(C(OCCCC2CCCCC2)c2ccco2)cc1-c1ccccc1C)C(=O)O. The Kier molecular flexibility index (Phi) is 11.3. The fourth-order valence-corrected chi connectivity index (χ4v) is 6.05. The van der Waals surface area contributed by atoms with Crippen LogP contribution in [-0.2, 0) is 9.53 Å². The lowest BCUT2D eigenvalue weighted by atomic mass is 9.86. The van der Waals surface area contributed by atoms with Crippen molar-refractivity contribution in [3.8, 4) is 11.1 Å². The molecule has 2 atom stereocenters. The Balaban J connectivity index is 1.61. The summed E-state index contributed by atoms with van der Waals surface area (Å²) in [6.45, 7) is 2.63. The summed E-state index contributed by atoms with van der Waals surface area (Å²) in [5, 5.41) is 12.4. The topological polar surface area (TPSA) is 88.8 Å². The molecular weight excluding hydrogens is 522 g/mol. The number of rotatable bonds is 14. The van der Waals surface area contributed by atoms with Crippen LogP contribution in [0.25, 0.3) is 11.1 Å². The number of carboxylic acid groups (broad SMARTS) is 1. The average Bonchev–Trinajstić information content (AvgIpc) is 3.50. The fraction of sp³-hybridized carbons (Fsp3) is 0.455. The third-order valence-electron chi connectivity index (χ3n) is 7.81. The number of ether oxygens (including phenoxy) is 1. The number of hydrogen-bond acceptors (Lipinski definition) is 5. The van der Waals surface area contributed by atoms with Gasteiger partial charge in [0.25, 0.3) is 5.91 Å². The van der Waals surface area contributed by atoms with E-state index in [-0.39, 0.29) is 0 Å². The van der Waals surface area contributed by atoms with E-state index in [0.717, 1.165) is 34.6 Å². The van der Waals surface area contributed by atoms with Crippen LogP contribution in [0.2, 0.25) is 0 Å². The summed E-state index contributed by atoms with van der Waals surface area (Å²) in [6, 6.07) is 16.4. The van der Waals surface area contributed by atoms with Crippen LogP contribution in [0.5, 0.6) is 0 Å². The predicted molar refractivity (Wildman–Crippen MR) is 161 cm³/mol. The summed E-state index contributed by atoms with van der Waals surface area (Å²) in [5.74, 6) is 0.727. The molecule has 40 heavy (non-hydrogen) atoms. The number of furan rings is 1. The van der Waals surface area contributed by atoms with Crippen molar-refractivity contribution in [2.75, 3.05) is 18.6 Å². The second kappa shape index (κ2) is 15.1. The molecule has 7 heteroatoms. The van der Waals surface area contributed by atoms with Gasteiger partial charge in [-0.05, 0) is 90.6 Å². The van der Waals surface area contributed by atoms with E-state index in [0.29, 0.717) is 30.1 Å². The summed E-state index contributed by atoms with van der Waals surface area (Å²) < 4.78 is 12.2. The first-order valence-corrected chi connectivity index (χ1v) is 15.7. The third kappa shape index (κ3) is 8.01. The molecule has 0 bridgehead atoms. The minimum absolute atomic E-state index is 0.356. The first-order chi connectivity index (χ1) is 19.5. The maximum atomic E-state index is 13.5. The first-order valence-electron chi connectivity index (χ1n) is 14.4. The number of carboxylic acids is 1. The Morgan fingerprint density at radius 1 is 1.07 bits per heavy atom. The van der Waals surface area contributed by atoms with Crippen LogP contribution in [0.1, 0.15) is 84.7 Å². The molecule has 1 aliphatic rings. The van der Waals surface area contributed by atoms with Crippen LogP contribution in [0.3, 0.4) is 0 Å². The maximum absolute atomic E-state index is 13.5. The van der Waals surface area contributed by atoms with Gasteiger partial charge in [0, 0.05) is 12.2 Å². The number of aliphatic carboxylic acids is 1. The number of carbonyl (C=O) groups excluding carboxylic acids is 1. The van der Waals surface area contributed by atoms with E-state index in [4.69, 9.17) is 9.15 Å². The van der Waals surface area contributed by atoms with Crippen molar-refractivity contribution in [2.45, 2.75) is 70.4 Å². The van der Waals surface area contributed by atoms with Crippen molar-refractivity contribution in [1.82, 2.24) is 5.32 Å². The van der Waals surface area contributed by atoms with Crippen LogP contribution >= 0.6 is 11.8 Å². The lowest BCUT2D eigenvalue weighted by molar-refractivity contribution is -0.139. The van der Waals surface area contributed by atoms with E-state index in [1.54, 1.807) is 24.1 Å². The highest BCUT2D eigenvalue weighted by molar-refractivity contribution is 7.98. The Bertz CT molecular complexity index is 1240. The number of carbonyl (C=O) groups is 2. The third-order valence-corrected chi connectivity index (χ3v) is 8.45. The number of amides is 1. The van der Waals surface area contributed by atoms with Gasteiger partial charge in [-0.1, -0.05) is 62.4 Å². The van der Waals surface area contributed by atoms with E-state index in [9.17, 15) is 14.7 Å². The van der Waals surface area contributed by atoms with Crippen molar-refractivity contribution in [3.63, 3.8) is 0 Å². The predicted octanol–water partition coefficient (Wildman–Crippen LogP) is 7.66. The lowest BCUT2D eigenvalue weighted by Crippen LogP contribution is -2.41. The van der Waals surface area contributed by atoms with Crippen LogP contribution in [-0.4, -0.2) is 41.6 Å². The molecule has 1 aliphatic carbocycles. The van der Waals surface area contributed by atoms with Crippen molar-refractivity contribution in [2.24, 2.45) is 5.92 Å². The quantitative estimate of drug-likeness (QED) is 0.196. The Labute approximate surface area is 241 Å². The zero-order valence-corrected chi connectivity index (χ0v) is 24.4. The number of aryl methyl sites for hydroxylation is 1.